The standard InChI is InChI=1S/C35H31F4NO4/c36-34(37)35(38,39)44-28-14-7-9-23(21-28)22-31(40-33(42)30-16-8-11-24-10-3-1-6-15-29(24)30)32(41)25-17-19-27(20-18-25)43-26-12-4-2-5-13-26/h2,4-9,11-21,31-32,34,41H,1,3,10,22H2,(H,40,42). The van der Waals surface area contributed by atoms with Gasteiger partial charge < -0.3 is 19.9 Å². The fourth-order valence-electron chi connectivity index (χ4n) is 5.11. The van der Waals surface area contributed by atoms with Crippen LogP contribution in [0.3, 0.4) is 0 Å². The third-order valence-corrected chi connectivity index (χ3v) is 7.30. The molecule has 5 nitrogen and oxygen atoms in total. The zero-order valence-corrected chi connectivity index (χ0v) is 23.6. The average molecular weight is 606 g/mol. The number of allylic oxidation sites excluding steroid dienone is 1. The third-order valence-electron chi connectivity index (χ3n) is 7.30. The number of carbonyl (C=O) groups is 1. The van der Waals surface area contributed by atoms with E-state index in [-0.39, 0.29) is 6.42 Å². The van der Waals surface area contributed by atoms with E-state index in [1.54, 1.807) is 36.4 Å². The Hall–Kier alpha value is -4.63. The van der Waals surface area contributed by atoms with E-state index in [2.05, 4.69) is 10.1 Å². The molecule has 2 N–H and O–H groups in total. The van der Waals surface area contributed by atoms with Gasteiger partial charge in [0.1, 0.15) is 17.2 Å². The average Bonchev–Trinajstić information content (AvgIpc) is 3.27. The van der Waals surface area contributed by atoms with Gasteiger partial charge in [0.25, 0.3) is 5.91 Å². The molecule has 2 atom stereocenters. The lowest BCUT2D eigenvalue weighted by Gasteiger charge is -2.26. The molecule has 0 saturated carbocycles. The minimum Gasteiger partial charge on any atom is -0.457 e. The van der Waals surface area contributed by atoms with Crippen molar-refractivity contribution >= 4 is 12.0 Å². The molecule has 1 amide bonds. The molecular weight excluding hydrogens is 574 g/mol. The van der Waals surface area contributed by atoms with Gasteiger partial charge in [-0.2, -0.15) is 17.6 Å². The number of halogens is 4. The monoisotopic (exact) mass is 605 g/mol. The molecule has 44 heavy (non-hydrogen) atoms. The van der Waals surface area contributed by atoms with Gasteiger partial charge in [0, 0.05) is 5.56 Å². The lowest BCUT2D eigenvalue weighted by molar-refractivity contribution is -0.253. The summed E-state index contributed by atoms with van der Waals surface area (Å²) >= 11 is 0. The Labute approximate surface area is 252 Å². The minimum atomic E-state index is -4.67. The molecule has 228 valence electrons. The van der Waals surface area contributed by atoms with E-state index >= 15 is 0 Å². The topological polar surface area (TPSA) is 67.8 Å². The van der Waals surface area contributed by atoms with E-state index in [1.807, 2.05) is 54.6 Å². The van der Waals surface area contributed by atoms with Crippen LogP contribution in [0.15, 0.2) is 103 Å². The molecule has 0 radical (unpaired) electrons. The second kappa shape index (κ2) is 13.8. The number of hydrogen-bond acceptors (Lipinski definition) is 4. The number of nitrogens with one attached hydrogen (secondary N) is 1. The van der Waals surface area contributed by atoms with Gasteiger partial charge in [-0.15, -0.1) is 0 Å². The van der Waals surface area contributed by atoms with Crippen LogP contribution in [-0.4, -0.2) is 29.6 Å². The first kappa shape index (κ1) is 30.8. The highest BCUT2D eigenvalue weighted by molar-refractivity contribution is 5.98. The van der Waals surface area contributed by atoms with E-state index in [9.17, 15) is 27.5 Å². The van der Waals surface area contributed by atoms with Crippen molar-refractivity contribution in [2.24, 2.45) is 0 Å². The number of carbonyl (C=O) groups excluding carboxylic acids is 1. The smallest absolute Gasteiger partial charge is 0.457 e. The molecule has 9 heteroatoms. The molecule has 4 aromatic carbocycles. The molecule has 0 saturated heterocycles. The fourth-order valence-corrected chi connectivity index (χ4v) is 5.11. The van der Waals surface area contributed by atoms with Crippen molar-refractivity contribution in [3.05, 3.63) is 131 Å². The van der Waals surface area contributed by atoms with Crippen LogP contribution in [0.2, 0.25) is 0 Å². The van der Waals surface area contributed by atoms with Gasteiger partial charge in [-0.1, -0.05) is 66.7 Å². The Bertz CT molecular complexity index is 1590. The Balaban J connectivity index is 1.41. The molecule has 1 aliphatic carbocycles. The van der Waals surface area contributed by atoms with Gasteiger partial charge in [0.2, 0.25) is 0 Å². The number of benzene rings is 4. The van der Waals surface area contributed by atoms with Gasteiger partial charge in [0.15, 0.2) is 0 Å². The maximum absolute atomic E-state index is 13.7. The van der Waals surface area contributed by atoms with Crippen LogP contribution in [0, 0.1) is 0 Å². The number of fused-ring (bicyclic) bond motifs is 1. The van der Waals surface area contributed by atoms with Crippen molar-refractivity contribution in [3.63, 3.8) is 0 Å². The van der Waals surface area contributed by atoms with Crippen molar-refractivity contribution in [3.8, 4) is 17.2 Å². The van der Waals surface area contributed by atoms with Crippen molar-refractivity contribution in [1.82, 2.24) is 5.32 Å². The lowest BCUT2D eigenvalue weighted by atomic mass is 9.94. The van der Waals surface area contributed by atoms with E-state index in [4.69, 9.17) is 4.74 Å². The minimum absolute atomic E-state index is 0.0164. The maximum atomic E-state index is 13.7. The molecular formula is C35H31F4NO4. The summed E-state index contributed by atoms with van der Waals surface area (Å²) in [5.74, 6) is 0.296. The van der Waals surface area contributed by atoms with Crippen LogP contribution in [0.5, 0.6) is 17.2 Å². The summed E-state index contributed by atoms with van der Waals surface area (Å²) in [6.07, 6.45) is -3.30. The van der Waals surface area contributed by atoms with Crippen LogP contribution in [-0.2, 0) is 12.8 Å². The number of aliphatic hydroxyl groups is 1. The Morgan fingerprint density at radius 2 is 1.59 bits per heavy atom. The number of ether oxygens (including phenoxy) is 2. The molecule has 0 aliphatic heterocycles. The Kier molecular flexibility index (Phi) is 9.65. The number of rotatable bonds is 11. The molecule has 0 aromatic heterocycles. The highest BCUT2D eigenvalue weighted by Gasteiger charge is 2.44. The molecule has 0 fully saturated rings. The molecule has 2 unspecified atom stereocenters. The lowest BCUT2D eigenvalue weighted by Crippen LogP contribution is -2.41. The van der Waals surface area contributed by atoms with E-state index in [1.165, 1.54) is 12.1 Å². The van der Waals surface area contributed by atoms with Crippen LogP contribution in [0.1, 0.15) is 51.6 Å². The second-order valence-corrected chi connectivity index (χ2v) is 10.5. The molecule has 1 aliphatic rings. The first-order valence-corrected chi connectivity index (χ1v) is 14.2. The first-order valence-electron chi connectivity index (χ1n) is 14.2. The highest BCUT2D eigenvalue weighted by atomic mass is 19.3. The van der Waals surface area contributed by atoms with Crippen LogP contribution in [0.25, 0.3) is 6.08 Å². The number of hydrogen-bond donors (Lipinski definition) is 2. The summed E-state index contributed by atoms with van der Waals surface area (Å²) in [6.45, 7) is 0. The predicted molar refractivity (Wildman–Crippen MR) is 159 cm³/mol. The zero-order chi connectivity index (χ0) is 31.1. The summed E-state index contributed by atoms with van der Waals surface area (Å²) in [6, 6.07) is 25.8. The first-order chi connectivity index (χ1) is 21.2. The maximum Gasteiger partial charge on any atom is 0.461 e. The number of aliphatic hydroxyl groups excluding tert-OH is 1. The Morgan fingerprint density at radius 3 is 2.34 bits per heavy atom. The van der Waals surface area contributed by atoms with Gasteiger partial charge >= 0.3 is 12.5 Å². The quantitative estimate of drug-likeness (QED) is 0.169. The summed E-state index contributed by atoms with van der Waals surface area (Å²) in [5, 5.41) is 14.4. The van der Waals surface area contributed by atoms with E-state index in [0.29, 0.717) is 28.2 Å². The number of aryl methyl sites for hydroxylation is 1. The predicted octanol–water partition coefficient (Wildman–Crippen LogP) is 8.14. The number of amides is 1. The summed E-state index contributed by atoms with van der Waals surface area (Å²) in [7, 11) is 0. The van der Waals surface area contributed by atoms with Crippen LogP contribution < -0.4 is 14.8 Å². The van der Waals surface area contributed by atoms with E-state index in [0.717, 1.165) is 36.5 Å². The summed E-state index contributed by atoms with van der Waals surface area (Å²) < 4.78 is 62.7. The van der Waals surface area contributed by atoms with Gasteiger partial charge in [-0.05, 0) is 90.4 Å². The molecule has 4 aromatic rings. The van der Waals surface area contributed by atoms with Crippen molar-refractivity contribution in [2.45, 2.75) is 50.4 Å². The SMILES string of the molecule is O=C(NC(Cc1cccc(OC(F)(F)C(F)F)c1)C(O)c1ccc(Oc2ccccc2)cc1)c1cccc2c1C=CCCC2. The second-order valence-electron chi connectivity index (χ2n) is 10.5. The number of para-hydroxylation sites is 1. The molecule has 5 rings (SSSR count). The molecule has 0 bridgehead atoms. The van der Waals surface area contributed by atoms with Crippen LogP contribution in [0.4, 0.5) is 17.6 Å². The van der Waals surface area contributed by atoms with Gasteiger partial charge in [-0.25, -0.2) is 0 Å². The summed E-state index contributed by atoms with van der Waals surface area (Å²) in [4.78, 5) is 13.7. The molecule has 0 heterocycles. The van der Waals surface area contributed by atoms with Crippen LogP contribution >= 0.6 is 0 Å². The van der Waals surface area contributed by atoms with Gasteiger partial charge in [0.05, 0.1) is 12.1 Å². The van der Waals surface area contributed by atoms with Crippen molar-refractivity contribution in [1.29, 1.82) is 0 Å². The number of alkyl halides is 4. The van der Waals surface area contributed by atoms with Crippen molar-refractivity contribution in [2.75, 3.05) is 0 Å². The molecule has 0 spiro atoms. The zero-order valence-electron chi connectivity index (χ0n) is 23.6. The fraction of sp³-hybridized carbons (Fsp3) is 0.229. The normalized spacial score (nSPS) is 14.3. The van der Waals surface area contributed by atoms with Gasteiger partial charge in [-0.3, -0.25) is 4.79 Å². The third kappa shape index (κ3) is 7.65. The van der Waals surface area contributed by atoms with E-state index < -0.39 is 36.3 Å². The van der Waals surface area contributed by atoms with Crippen molar-refractivity contribution < 1.29 is 36.9 Å². The largest absolute Gasteiger partial charge is 0.461 e. The Morgan fingerprint density at radius 1 is 0.886 bits per heavy atom. The summed E-state index contributed by atoms with van der Waals surface area (Å²) in [5.41, 5.74) is 3.15. The highest BCUT2D eigenvalue weighted by Crippen LogP contribution is 2.30.